The topological polar surface area (TPSA) is 37.4 Å². The fourth-order valence-electron chi connectivity index (χ4n) is 2.14. The monoisotopic (exact) mass is 231 g/mol. The van der Waals surface area contributed by atoms with E-state index in [1.54, 1.807) is 0 Å². The molecule has 0 aromatic heterocycles. The zero-order valence-electron chi connectivity index (χ0n) is 9.89. The molecule has 1 fully saturated rings. The van der Waals surface area contributed by atoms with Gasteiger partial charge in [-0.05, 0) is 12.8 Å². The summed E-state index contributed by atoms with van der Waals surface area (Å²) in [6, 6.07) is 9.32. The normalized spacial score (nSPS) is 15.3. The largest absolute Gasteiger partial charge is 0.343 e. The van der Waals surface area contributed by atoms with Crippen LogP contribution in [0.2, 0.25) is 0 Å². The Morgan fingerprint density at radius 3 is 2.65 bits per heavy atom. The average Bonchev–Trinajstić information content (AvgIpc) is 2.76. The van der Waals surface area contributed by atoms with Crippen LogP contribution in [0.1, 0.15) is 36.0 Å². The average molecular weight is 231 g/mol. The molecule has 0 saturated carbocycles. The Morgan fingerprint density at radius 2 is 2.00 bits per heavy atom. The molecule has 1 amide bonds. The first-order valence-electron chi connectivity index (χ1n) is 6.13. The first-order chi connectivity index (χ1) is 8.27. The van der Waals surface area contributed by atoms with Crippen LogP contribution in [0.25, 0.3) is 0 Å². The second-order valence-corrected chi connectivity index (χ2v) is 4.38. The van der Waals surface area contributed by atoms with Gasteiger partial charge in [0.2, 0.25) is 5.91 Å². The minimum atomic E-state index is 0.164. The van der Waals surface area contributed by atoms with E-state index >= 15 is 0 Å². The number of Topliss-reactive ketones (excluding diaryl/α,β-unsaturated/α-hetero) is 1. The number of carbonyl (C=O) groups is 2. The second-order valence-electron chi connectivity index (χ2n) is 4.38. The Bertz CT molecular complexity index is 400. The number of carbonyl (C=O) groups excluding carboxylic acids is 2. The number of rotatable bonds is 5. The Balaban J connectivity index is 1.75. The number of ketones is 1. The van der Waals surface area contributed by atoms with Gasteiger partial charge in [0.25, 0.3) is 0 Å². The number of likely N-dealkylation sites (tertiary alicyclic amines) is 1. The van der Waals surface area contributed by atoms with Crippen molar-refractivity contribution >= 4 is 11.7 Å². The van der Waals surface area contributed by atoms with E-state index in [1.807, 2.05) is 35.2 Å². The number of hydrogen-bond donors (Lipinski definition) is 0. The maximum Gasteiger partial charge on any atom is 0.222 e. The van der Waals surface area contributed by atoms with Gasteiger partial charge in [0.15, 0.2) is 5.78 Å². The second kappa shape index (κ2) is 5.62. The van der Waals surface area contributed by atoms with Crippen LogP contribution in [0.5, 0.6) is 0 Å². The van der Waals surface area contributed by atoms with Crippen LogP contribution < -0.4 is 0 Å². The lowest BCUT2D eigenvalue weighted by molar-refractivity contribution is -0.127. The van der Waals surface area contributed by atoms with Crippen LogP contribution in [-0.4, -0.2) is 29.7 Å². The highest BCUT2D eigenvalue weighted by molar-refractivity contribution is 5.95. The molecule has 90 valence electrons. The van der Waals surface area contributed by atoms with Crippen LogP contribution in [0, 0.1) is 0 Å². The van der Waals surface area contributed by atoms with Crippen LogP contribution >= 0.6 is 0 Å². The van der Waals surface area contributed by atoms with E-state index in [9.17, 15) is 9.59 Å². The van der Waals surface area contributed by atoms with E-state index in [4.69, 9.17) is 0 Å². The summed E-state index contributed by atoms with van der Waals surface area (Å²) >= 11 is 0. The van der Waals surface area contributed by atoms with E-state index in [1.165, 1.54) is 0 Å². The van der Waals surface area contributed by atoms with Gasteiger partial charge in [0, 0.05) is 31.5 Å². The molecule has 1 aliphatic heterocycles. The van der Waals surface area contributed by atoms with E-state index in [2.05, 4.69) is 0 Å². The van der Waals surface area contributed by atoms with Crippen molar-refractivity contribution in [2.24, 2.45) is 0 Å². The number of hydrogen-bond acceptors (Lipinski definition) is 2. The van der Waals surface area contributed by atoms with Gasteiger partial charge in [0.1, 0.15) is 0 Å². The first kappa shape index (κ1) is 11.8. The predicted molar refractivity (Wildman–Crippen MR) is 65.8 cm³/mol. The van der Waals surface area contributed by atoms with Crippen LogP contribution in [0.15, 0.2) is 30.3 Å². The van der Waals surface area contributed by atoms with Gasteiger partial charge in [-0.25, -0.2) is 0 Å². The molecule has 0 bridgehead atoms. The molecular formula is C14H17NO2. The van der Waals surface area contributed by atoms with Gasteiger partial charge in [-0.1, -0.05) is 30.3 Å². The Labute approximate surface area is 101 Å². The highest BCUT2D eigenvalue weighted by atomic mass is 16.2. The minimum absolute atomic E-state index is 0.164. The van der Waals surface area contributed by atoms with E-state index in [-0.39, 0.29) is 11.7 Å². The highest BCUT2D eigenvalue weighted by Crippen LogP contribution is 2.11. The molecule has 0 unspecified atom stereocenters. The molecule has 1 aliphatic rings. The van der Waals surface area contributed by atoms with Crippen molar-refractivity contribution in [3.8, 4) is 0 Å². The third kappa shape index (κ3) is 3.16. The fraction of sp³-hybridized carbons (Fsp3) is 0.429. The molecule has 2 rings (SSSR count). The van der Waals surface area contributed by atoms with E-state index in [0.29, 0.717) is 12.8 Å². The van der Waals surface area contributed by atoms with Crippen molar-refractivity contribution in [1.82, 2.24) is 4.90 Å². The highest BCUT2D eigenvalue weighted by Gasteiger charge is 2.19. The maximum atomic E-state index is 11.8. The lowest BCUT2D eigenvalue weighted by atomic mass is 10.1. The number of benzene rings is 1. The summed E-state index contributed by atoms with van der Waals surface area (Å²) in [4.78, 5) is 25.0. The Morgan fingerprint density at radius 1 is 1.24 bits per heavy atom. The summed E-state index contributed by atoms with van der Waals surface area (Å²) < 4.78 is 0. The Hall–Kier alpha value is -1.64. The van der Waals surface area contributed by atoms with Gasteiger partial charge in [-0.3, -0.25) is 9.59 Å². The smallest absolute Gasteiger partial charge is 0.222 e. The molecule has 1 aromatic carbocycles. The zero-order valence-corrected chi connectivity index (χ0v) is 9.89. The van der Waals surface area contributed by atoms with Crippen molar-refractivity contribution in [3.63, 3.8) is 0 Å². The van der Waals surface area contributed by atoms with Crippen molar-refractivity contribution in [3.05, 3.63) is 35.9 Å². The summed E-state index contributed by atoms with van der Waals surface area (Å²) in [5.41, 5.74) is 0.764. The van der Waals surface area contributed by atoms with E-state index in [0.717, 1.165) is 31.5 Å². The van der Waals surface area contributed by atoms with Crippen molar-refractivity contribution in [1.29, 1.82) is 0 Å². The Kier molecular flexibility index (Phi) is 3.91. The summed E-state index contributed by atoms with van der Waals surface area (Å²) in [5, 5.41) is 0. The molecule has 1 aromatic rings. The maximum absolute atomic E-state index is 11.8. The molecule has 3 nitrogen and oxygen atoms in total. The molecule has 0 aliphatic carbocycles. The van der Waals surface area contributed by atoms with E-state index < -0.39 is 0 Å². The molecule has 0 spiro atoms. The molecule has 3 heteroatoms. The van der Waals surface area contributed by atoms with Gasteiger partial charge >= 0.3 is 0 Å². The molecule has 1 saturated heterocycles. The quantitative estimate of drug-likeness (QED) is 0.729. The molecule has 0 radical (unpaired) electrons. The first-order valence-corrected chi connectivity index (χ1v) is 6.13. The van der Waals surface area contributed by atoms with Crippen molar-refractivity contribution in [2.75, 3.05) is 13.1 Å². The SMILES string of the molecule is O=C(CCCN1CCCC1=O)c1ccccc1. The van der Waals surface area contributed by atoms with Crippen LogP contribution in [-0.2, 0) is 4.79 Å². The number of amides is 1. The third-order valence-corrected chi connectivity index (χ3v) is 3.10. The molecule has 0 atom stereocenters. The molecular weight excluding hydrogens is 214 g/mol. The van der Waals surface area contributed by atoms with Gasteiger partial charge in [-0.15, -0.1) is 0 Å². The van der Waals surface area contributed by atoms with Gasteiger partial charge in [-0.2, -0.15) is 0 Å². The van der Waals surface area contributed by atoms with Gasteiger partial charge < -0.3 is 4.90 Å². The predicted octanol–water partition coefficient (Wildman–Crippen LogP) is 2.27. The molecule has 17 heavy (non-hydrogen) atoms. The number of nitrogens with zero attached hydrogens (tertiary/aromatic N) is 1. The standard InChI is InChI=1S/C14H17NO2/c16-13(12-6-2-1-3-7-12)8-4-10-15-11-5-9-14(15)17/h1-3,6-7H,4-5,8-11H2. The van der Waals surface area contributed by atoms with Crippen LogP contribution in [0.4, 0.5) is 0 Å². The lowest BCUT2D eigenvalue weighted by Crippen LogP contribution is -2.26. The zero-order chi connectivity index (χ0) is 12.1. The minimum Gasteiger partial charge on any atom is -0.343 e. The molecule has 1 heterocycles. The lowest BCUT2D eigenvalue weighted by Gasteiger charge is -2.14. The van der Waals surface area contributed by atoms with Crippen LogP contribution in [0.3, 0.4) is 0 Å². The summed E-state index contributed by atoms with van der Waals surface area (Å²) in [5.74, 6) is 0.398. The molecule has 0 N–H and O–H groups in total. The van der Waals surface area contributed by atoms with Crippen molar-refractivity contribution < 1.29 is 9.59 Å². The summed E-state index contributed by atoms with van der Waals surface area (Å²) in [7, 11) is 0. The fourth-order valence-corrected chi connectivity index (χ4v) is 2.14. The summed E-state index contributed by atoms with van der Waals surface area (Å²) in [6.07, 6.45) is 2.92. The third-order valence-electron chi connectivity index (χ3n) is 3.10. The van der Waals surface area contributed by atoms with Gasteiger partial charge in [0.05, 0.1) is 0 Å². The van der Waals surface area contributed by atoms with Crippen molar-refractivity contribution in [2.45, 2.75) is 25.7 Å². The summed E-state index contributed by atoms with van der Waals surface area (Å²) in [6.45, 7) is 1.58.